The molecule has 0 bridgehead atoms. The van der Waals surface area contributed by atoms with Crippen molar-refractivity contribution in [2.75, 3.05) is 6.54 Å². The van der Waals surface area contributed by atoms with E-state index in [2.05, 4.69) is 34.9 Å². The minimum Gasteiger partial charge on any atom is -0.348 e. The molecule has 0 aliphatic carbocycles. The minimum atomic E-state index is 0.155. The zero-order chi connectivity index (χ0) is 15.1. The maximum atomic E-state index is 13.1. The molecule has 2 aliphatic heterocycles. The van der Waals surface area contributed by atoms with Gasteiger partial charge in [-0.05, 0) is 37.8 Å². The highest BCUT2D eigenvalue weighted by atomic mass is 16.2. The molecule has 2 aromatic rings. The summed E-state index contributed by atoms with van der Waals surface area (Å²) in [5.74, 6) is 0.155. The monoisotopic (exact) mass is 298 g/mol. The largest absolute Gasteiger partial charge is 0.348 e. The van der Waals surface area contributed by atoms with Gasteiger partial charge < -0.3 is 9.47 Å². The van der Waals surface area contributed by atoms with Crippen molar-refractivity contribution in [1.29, 1.82) is 0 Å². The van der Waals surface area contributed by atoms with Gasteiger partial charge in [-0.1, -0.05) is 6.92 Å². The summed E-state index contributed by atoms with van der Waals surface area (Å²) in [6.45, 7) is 4.77. The summed E-state index contributed by atoms with van der Waals surface area (Å²) >= 11 is 0. The van der Waals surface area contributed by atoms with Crippen molar-refractivity contribution in [3.8, 4) is 0 Å². The number of carbonyl (C=O) groups excluding carboxylic acids is 1. The number of nitrogens with zero attached hydrogens (tertiary/aromatic N) is 4. The second-order valence-electron chi connectivity index (χ2n) is 6.23. The lowest BCUT2D eigenvalue weighted by molar-refractivity contribution is 0.0616. The number of rotatable bonds is 2. The maximum absolute atomic E-state index is 13.1. The molecule has 0 radical (unpaired) electrons. The summed E-state index contributed by atoms with van der Waals surface area (Å²) in [7, 11) is 0. The van der Waals surface area contributed by atoms with Gasteiger partial charge in [0.2, 0.25) is 0 Å². The fraction of sp³-hybridized carbons (Fsp3) is 0.529. The summed E-state index contributed by atoms with van der Waals surface area (Å²) in [6.07, 6.45) is 8.13. The summed E-state index contributed by atoms with van der Waals surface area (Å²) in [4.78, 5) is 15.1. The summed E-state index contributed by atoms with van der Waals surface area (Å²) in [6, 6.07) is 4.39. The van der Waals surface area contributed by atoms with E-state index >= 15 is 0 Å². The predicted octanol–water partition coefficient (Wildman–Crippen LogP) is 2.63. The number of amides is 1. The van der Waals surface area contributed by atoms with E-state index in [0.717, 1.165) is 56.6 Å². The van der Waals surface area contributed by atoms with Crippen molar-refractivity contribution in [2.24, 2.45) is 0 Å². The predicted molar refractivity (Wildman–Crippen MR) is 83.7 cm³/mol. The van der Waals surface area contributed by atoms with Crippen LogP contribution in [0.5, 0.6) is 0 Å². The third kappa shape index (κ3) is 1.99. The van der Waals surface area contributed by atoms with Gasteiger partial charge in [-0.25, -0.2) is 0 Å². The van der Waals surface area contributed by atoms with Crippen LogP contribution in [0, 0.1) is 0 Å². The highest BCUT2D eigenvalue weighted by Crippen LogP contribution is 2.31. The lowest BCUT2D eigenvalue weighted by Gasteiger charge is -2.36. The average molecular weight is 298 g/mol. The van der Waals surface area contributed by atoms with Gasteiger partial charge in [-0.15, -0.1) is 0 Å². The Kier molecular flexibility index (Phi) is 3.28. The molecule has 2 aromatic heterocycles. The van der Waals surface area contributed by atoms with E-state index in [9.17, 15) is 4.79 Å². The number of aromatic nitrogens is 3. The van der Waals surface area contributed by atoms with Gasteiger partial charge >= 0.3 is 0 Å². The molecule has 116 valence electrons. The smallest absolute Gasteiger partial charge is 0.257 e. The Hall–Kier alpha value is -2.04. The molecule has 1 amide bonds. The van der Waals surface area contributed by atoms with Gasteiger partial charge in [0.05, 0.1) is 23.5 Å². The zero-order valence-corrected chi connectivity index (χ0v) is 13.0. The second-order valence-corrected chi connectivity index (χ2v) is 6.23. The molecule has 0 saturated carbocycles. The number of carbonyl (C=O) groups is 1. The van der Waals surface area contributed by atoms with E-state index in [1.54, 1.807) is 6.20 Å². The quantitative estimate of drug-likeness (QED) is 0.855. The van der Waals surface area contributed by atoms with E-state index in [0.29, 0.717) is 0 Å². The van der Waals surface area contributed by atoms with Crippen molar-refractivity contribution in [1.82, 2.24) is 19.2 Å². The van der Waals surface area contributed by atoms with Gasteiger partial charge in [0.25, 0.3) is 5.91 Å². The molecule has 1 atom stereocenters. The number of aryl methyl sites for hydroxylation is 1. The van der Waals surface area contributed by atoms with Gasteiger partial charge in [0.15, 0.2) is 0 Å². The Bertz CT molecular complexity index is 699. The second kappa shape index (κ2) is 5.30. The van der Waals surface area contributed by atoms with Crippen LogP contribution in [0.25, 0.3) is 0 Å². The molecular formula is C17H22N4O. The average Bonchev–Trinajstić information content (AvgIpc) is 3.19. The van der Waals surface area contributed by atoms with Crippen LogP contribution in [0.4, 0.5) is 0 Å². The van der Waals surface area contributed by atoms with Crippen molar-refractivity contribution >= 4 is 5.91 Å². The molecule has 0 N–H and O–H groups in total. The van der Waals surface area contributed by atoms with E-state index in [1.165, 1.54) is 5.69 Å². The van der Waals surface area contributed by atoms with E-state index in [-0.39, 0.29) is 11.9 Å². The molecule has 0 spiro atoms. The molecule has 5 nitrogen and oxygen atoms in total. The Labute approximate surface area is 130 Å². The number of fused-ring (bicyclic) bond motifs is 2. The fourth-order valence-corrected chi connectivity index (χ4v) is 3.89. The third-order valence-electron chi connectivity index (χ3n) is 5.02. The first-order valence-electron chi connectivity index (χ1n) is 8.30. The van der Waals surface area contributed by atoms with Crippen LogP contribution in [0.1, 0.15) is 54.0 Å². The van der Waals surface area contributed by atoms with Crippen molar-refractivity contribution in [3.63, 3.8) is 0 Å². The van der Waals surface area contributed by atoms with Crippen molar-refractivity contribution in [3.05, 3.63) is 41.5 Å². The molecule has 4 heterocycles. The minimum absolute atomic E-state index is 0.155. The lowest BCUT2D eigenvalue weighted by atomic mass is 10.0. The Balaban J connectivity index is 1.67. The molecule has 22 heavy (non-hydrogen) atoms. The Morgan fingerprint density at radius 1 is 1.32 bits per heavy atom. The summed E-state index contributed by atoms with van der Waals surface area (Å²) < 4.78 is 4.29. The number of hydrogen-bond acceptors (Lipinski definition) is 2. The molecule has 0 saturated heterocycles. The molecule has 4 rings (SSSR count). The third-order valence-corrected chi connectivity index (χ3v) is 5.02. The molecule has 0 unspecified atom stereocenters. The summed E-state index contributed by atoms with van der Waals surface area (Å²) in [5.41, 5.74) is 3.20. The molecule has 0 aromatic carbocycles. The van der Waals surface area contributed by atoms with Crippen LogP contribution in [0.2, 0.25) is 0 Å². The SMILES string of the molecule is CC[C@H]1c2cccn2CCN1C(=O)c1cnn2c1CCCC2. The molecule has 5 heteroatoms. The van der Waals surface area contributed by atoms with Crippen LogP contribution >= 0.6 is 0 Å². The van der Waals surface area contributed by atoms with Crippen LogP contribution in [-0.4, -0.2) is 31.7 Å². The highest BCUT2D eigenvalue weighted by molar-refractivity contribution is 5.95. The Morgan fingerprint density at radius 3 is 3.09 bits per heavy atom. The zero-order valence-electron chi connectivity index (χ0n) is 13.0. The van der Waals surface area contributed by atoms with Crippen LogP contribution in [-0.2, 0) is 19.5 Å². The van der Waals surface area contributed by atoms with E-state index in [1.807, 2.05) is 9.58 Å². The molecule has 0 fully saturated rings. The first-order chi connectivity index (χ1) is 10.8. The lowest BCUT2D eigenvalue weighted by Crippen LogP contribution is -2.42. The van der Waals surface area contributed by atoms with Crippen molar-refractivity contribution < 1.29 is 4.79 Å². The molecular weight excluding hydrogens is 276 g/mol. The molecule has 2 aliphatic rings. The van der Waals surface area contributed by atoms with Crippen molar-refractivity contribution in [2.45, 2.75) is 51.7 Å². The summed E-state index contributed by atoms with van der Waals surface area (Å²) in [5, 5.41) is 4.42. The highest BCUT2D eigenvalue weighted by Gasteiger charge is 2.32. The van der Waals surface area contributed by atoms with Crippen LogP contribution in [0.3, 0.4) is 0 Å². The van der Waals surface area contributed by atoms with Crippen LogP contribution in [0.15, 0.2) is 24.5 Å². The van der Waals surface area contributed by atoms with Gasteiger partial charge in [-0.2, -0.15) is 5.10 Å². The van der Waals surface area contributed by atoms with Gasteiger partial charge in [-0.3, -0.25) is 9.48 Å². The number of hydrogen-bond donors (Lipinski definition) is 0. The standard InChI is InChI=1S/C17H22N4O/c1-2-14-16-7-5-8-19(16)10-11-20(14)17(22)13-12-18-21-9-4-3-6-15(13)21/h5,7-8,12,14H,2-4,6,9-11H2,1H3/t14-/m0/s1. The van der Waals surface area contributed by atoms with Gasteiger partial charge in [0, 0.05) is 31.5 Å². The van der Waals surface area contributed by atoms with E-state index < -0.39 is 0 Å². The topological polar surface area (TPSA) is 43.1 Å². The Morgan fingerprint density at radius 2 is 2.23 bits per heavy atom. The van der Waals surface area contributed by atoms with E-state index in [4.69, 9.17) is 0 Å². The van der Waals surface area contributed by atoms with Gasteiger partial charge in [0.1, 0.15) is 0 Å². The first-order valence-corrected chi connectivity index (χ1v) is 8.30. The maximum Gasteiger partial charge on any atom is 0.257 e. The normalized spacial score (nSPS) is 20.6. The fourth-order valence-electron chi connectivity index (χ4n) is 3.89. The van der Waals surface area contributed by atoms with Crippen LogP contribution < -0.4 is 0 Å². The first kappa shape index (κ1) is 13.6.